The molecule has 0 spiro atoms. The van der Waals surface area contributed by atoms with Gasteiger partial charge in [-0.1, -0.05) is 42.5 Å². The van der Waals surface area contributed by atoms with Gasteiger partial charge in [-0.15, -0.1) is 0 Å². The zero-order chi connectivity index (χ0) is 13.9. The van der Waals surface area contributed by atoms with Gasteiger partial charge in [0.25, 0.3) is 0 Å². The standard InChI is InChI=1S/C16H14N2O2/c19-15-10-11-18(16(20)17-15)14-8-6-13(7-9-14)12-4-2-1-3-5-12/h1-9H,10-11H2,(H,17,19,20). The van der Waals surface area contributed by atoms with Crippen LogP contribution in [0.2, 0.25) is 0 Å². The van der Waals surface area contributed by atoms with Crippen molar-refractivity contribution in [3.63, 3.8) is 0 Å². The van der Waals surface area contributed by atoms with E-state index in [9.17, 15) is 9.59 Å². The van der Waals surface area contributed by atoms with E-state index in [1.54, 1.807) is 4.90 Å². The molecule has 3 amide bonds. The Balaban J connectivity index is 1.83. The Labute approximate surface area is 117 Å². The molecule has 1 aliphatic heterocycles. The first-order valence-electron chi connectivity index (χ1n) is 6.51. The summed E-state index contributed by atoms with van der Waals surface area (Å²) < 4.78 is 0. The molecule has 1 N–H and O–H groups in total. The molecule has 1 saturated heterocycles. The second-order valence-electron chi connectivity index (χ2n) is 4.67. The Kier molecular flexibility index (Phi) is 3.21. The van der Waals surface area contributed by atoms with Crippen LogP contribution in [0.3, 0.4) is 0 Å². The van der Waals surface area contributed by atoms with Crippen molar-refractivity contribution in [2.75, 3.05) is 11.4 Å². The van der Waals surface area contributed by atoms with E-state index in [0.29, 0.717) is 13.0 Å². The predicted molar refractivity (Wildman–Crippen MR) is 77.4 cm³/mol. The third-order valence-electron chi connectivity index (χ3n) is 3.34. The smallest absolute Gasteiger partial charge is 0.294 e. The van der Waals surface area contributed by atoms with E-state index >= 15 is 0 Å². The minimum atomic E-state index is -0.353. The van der Waals surface area contributed by atoms with Crippen molar-refractivity contribution >= 4 is 17.6 Å². The van der Waals surface area contributed by atoms with Gasteiger partial charge >= 0.3 is 6.03 Å². The molecule has 0 unspecified atom stereocenters. The number of nitrogens with one attached hydrogen (secondary N) is 1. The summed E-state index contributed by atoms with van der Waals surface area (Å²) in [6, 6.07) is 17.5. The Bertz CT molecular complexity index is 635. The molecule has 20 heavy (non-hydrogen) atoms. The highest BCUT2D eigenvalue weighted by Gasteiger charge is 2.23. The second kappa shape index (κ2) is 5.17. The molecule has 0 atom stereocenters. The monoisotopic (exact) mass is 266 g/mol. The summed E-state index contributed by atoms with van der Waals surface area (Å²) in [5.41, 5.74) is 3.04. The van der Waals surface area contributed by atoms with Crippen LogP contribution in [0.15, 0.2) is 54.6 Å². The molecule has 2 aromatic carbocycles. The van der Waals surface area contributed by atoms with E-state index < -0.39 is 0 Å². The van der Waals surface area contributed by atoms with E-state index in [0.717, 1.165) is 16.8 Å². The van der Waals surface area contributed by atoms with Crippen molar-refractivity contribution in [3.05, 3.63) is 54.6 Å². The molecule has 0 bridgehead atoms. The van der Waals surface area contributed by atoms with Gasteiger partial charge in [0, 0.05) is 18.7 Å². The zero-order valence-corrected chi connectivity index (χ0v) is 10.9. The average molecular weight is 266 g/mol. The largest absolute Gasteiger partial charge is 0.328 e. The number of hydrogen-bond acceptors (Lipinski definition) is 2. The third-order valence-corrected chi connectivity index (χ3v) is 3.34. The van der Waals surface area contributed by atoms with E-state index in [4.69, 9.17) is 0 Å². The van der Waals surface area contributed by atoms with Crippen LogP contribution in [0.25, 0.3) is 11.1 Å². The molecule has 0 aliphatic carbocycles. The van der Waals surface area contributed by atoms with Gasteiger partial charge < -0.3 is 0 Å². The third kappa shape index (κ3) is 2.40. The fraction of sp³-hybridized carbons (Fsp3) is 0.125. The van der Waals surface area contributed by atoms with E-state index in [2.05, 4.69) is 5.32 Å². The number of carbonyl (C=O) groups is 2. The number of anilines is 1. The molecular formula is C16H14N2O2. The number of imide groups is 1. The molecule has 1 aliphatic rings. The maximum Gasteiger partial charge on any atom is 0.328 e. The van der Waals surface area contributed by atoms with Crippen molar-refractivity contribution in [2.24, 2.45) is 0 Å². The fourth-order valence-electron chi connectivity index (χ4n) is 2.27. The quantitative estimate of drug-likeness (QED) is 0.908. The highest BCUT2D eigenvalue weighted by atomic mass is 16.2. The highest BCUT2D eigenvalue weighted by Crippen LogP contribution is 2.23. The molecular weight excluding hydrogens is 252 g/mol. The molecule has 0 aromatic heterocycles. The SMILES string of the molecule is O=C1CCN(c2ccc(-c3ccccc3)cc2)C(=O)N1. The first kappa shape index (κ1) is 12.4. The van der Waals surface area contributed by atoms with Crippen LogP contribution in [0.5, 0.6) is 0 Å². The first-order chi connectivity index (χ1) is 9.74. The Morgan fingerprint density at radius 3 is 2.15 bits per heavy atom. The minimum absolute atomic E-state index is 0.216. The molecule has 4 heteroatoms. The molecule has 4 nitrogen and oxygen atoms in total. The summed E-state index contributed by atoms with van der Waals surface area (Å²) in [7, 11) is 0. The van der Waals surface area contributed by atoms with Crippen molar-refractivity contribution in [1.29, 1.82) is 0 Å². The normalized spacial score (nSPS) is 15.1. The van der Waals surface area contributed by atoms with Crippen LogP contribution in [-0.2, 0) is 4.79 Å². The van der Waals surface area contributed by atoms with Gasteiger partial charge in [0.2, 0.25) is 5.91 Å². The van der Waals surface area contributed by atoms with Crippen LogP contribution in [0, 0.1) is 0 Å². The molecule has 3 rings (SSSR count). The summed E-state index contributed by atoms with van der Waals surface area (Å²) in [5, 5.41) is 2.32. The number of hydrogen-bond donors (Lipinski definition) is 1. The predicted octanol–water partition coefficient (Wildman–Crippen LogP) is 2.80. The van der Waals surface area contributed by atoms with Gasteiger partial charge in [-0.2, -0.15) is 0 Å². The molecule has 100 valence electrons. The van der Waals surface area contributed by atoms with Crippen LogP contribution in [0.1, 0.15) is 6.42 Å². The first-order valence-corrected chi connectivity index (χ1v) is 6.51. The number of amides is 3. The molecule has 2 aromatic rings. The van der Waals surface area contributed by atoms with Gasteiger partial charge in [0.05, 0.1) is 0 Å². The lowest BCUT2D eigenvalue weighted by Crippen LogP contribution is -2.49. The van der Waals surface area contributed by atoms with E-state index in [1.165, 1.54) is 0 Å². The lowest BCUT2D eigenvalue weighted by Gasteiger charge is -2.26. The van der Waals surface area contributed by atoms with Gasteiger partial charge in [0.15, 0.2) is 0 Å². The average Bonchev–Trinajstić information content (AvgIpc) is 2.48. The number of carbonyl (C=O) groups excluding carboxylic acids is 2. The number of urea groups is 1. The topological polar surface area (TPSA) is 49.4 Å². The number of rotatable bonds is 2. The number of nitrogens with zero attached hydrogens (tertiary/aromatic N) is 1. The van der Waals surface area contributed by atoms with Gasteiger partial charge in [-0.3, -0.25) is 15.0 Å². The molecule has 0 saturated carbocycles. The molecule has 1 heterocycles. The Morgan fingerprint density at radius 1 is 0.850 bits per heavy atom. The van der Waals surface area contributed by atoms with Crippen LogP contribution < -0.4 is 10.2 Å². The van der Waals surface area contributed by atoms with Crippen LogP contribution in [-0.4, -0.2) is 18.5 Å². The van der Waals surface area contributed by atoms with Crippen LogP contribution in [0.4, 0.5) is 10.5 Å². The lowest BCUT2D eigenvalue weighted by molar-refractivity contribution is -0.120. The maximum atomic E-state index is 11.8. The summed E-state index contributed by atoms with van der Waals surface area (Å²) in [5.74, 6) is -0.216. The molecule has 0 radical (unpaired) electrons. The van der Waals surface area contributed by atoms with Crippen molar-refractivity contribution in [1.82, 2.24) is 5.32 Å². The Morgan fingerprint density at radius 2 is 1.50 bits per heavy atom. The second-order valence-corrected chi connectivity index (χ2v) is 4.67. The van der Waals surface area contributed by atoms with Gasteiger partial charge in [-0.05, 0) is 23.3 Å². The highest BCUT2D eigenvalue weighted by molar-refractivity contribution is 6.05. The number of benzene rings is 2. The minimum Gasteiger partial charge on any atom is -0.294 e. The van der Waals surface area contributed by atoms with E-state index in [-0.39, 0.29) is 11.9 Å². The lowest BCUT2D eigenvalue weighted by atomic mass is 10.1. The zero-order valence-electron chi connectivity index (χ0n) is 10.9. The van der Waals surface area contributed by atoms with Crippen molar-refractivity contribution < 1.29 is 9.59 Å². The van der Waals surface area contributed by atoms with Crippen LogP contribution >= 0.6 is 0 Å². The molecule has 1 fully saturated rings. The maximum absolute atomic E-state index is 11.8. The van der Waals surface area contributed by atoms with Gasteiger partial charge in [-0.25, -0.2) is 4.79 Å². The summed E-state index contributed by atoms with van der Waals surface area (Å²) in [6.07, 6.45) is 0.339. The summed E-state index contributed by atoms with van der Waals surface area (Å²) >= 11 is 0. The Hall–Kier alpha value is -2.62. The van der Waals surface area contributed by atoms with Gasteiger partial charge in [0.1, 0.15) is 0 Å². The van der Waals surface area contributed by atoms with Crippen molar-refractivity contribution in [3.8, 4) is 11.1 Å². The summed E-state index contributed by atoms with van der Waals surface area (Å²) in [6.45, 7) is 0.426. The van der Waals surface area contributed by atoms with E-state index in [1.807, 2.05) is 54.6 Å². The fourth-order valence-corrected chi connectivity index (χ4v) is 2.27. The summed E-state index contributed by atoms with van der Waals surface area (Å²) in [4.78, 5) is 24.5. The van der Waals surface area contributed by atoms with Crippen molar-refractivity contribution in [2.45, 2.75) is 6.42 Å².